The number of nitrogens with one attached hydrogen (secondary N) is 1. The molecule has 0 saturated carbocycles. The smallest absolute Gasteiger partial charge is 0.335 e. The lowest BCUT2D eigenvalue weighted by atomic mass is 9.98. The summed E-state index contributed by atoms with van der Waals surface area (Å²) in [6.07, 6.45) is 1.60. The van der Waals surface area contributed by atoms with Gasteiger partial charge in [-0.3, -0.25) is 9.59 Å². The first-order valence-corrected chi connectivity index (χ1v) is 10.8. The third-order valence-corrected chi connectivity index (χ3v) is 6.45. The summed E-state index contributed by atoms with van der Waals surface area (Å²) >= 11 is 7.65. The Morgan fingerprint density at radius 1 is 1.13 bits per heavy atom. The molecule has 3 rings (SSSR count). The van der Waals surface area contributed by atoms with E-state index < -0.39 is 5.97 Å². The van der Waals surface area contributed by atoms with Crippen LogP contribution < -0.4 is 5.32 Å². The highest BCUT2D eigenvalue weighted by Gasteiger charge is 2.21. The lowest BCUT2D eigenvalue weighted by Crippen LogP contribution is -2.25. The van der Waals surface area contributed by atoms with Crippen molar-refractivity contribution in [2.75, 3.05) is 6.54 Å². The second-order valence-electron chi connectivity index (χ2n) is 6.89. The number of hydrogen-bond acceptors (Lipinski definition) is 5. The van der Waals surface area contributed by atoms with E-state index in [2.05, 4.69) is 5.32 Å². The predicted molar refractivity (Wildman–Crippen MR) is 120 cm³/mol. The second kappa shape index (κ2) is 10.2. The lowest BCUT2D eigenvalue weighted by Gasteiger charge is -2.09. The second-order valence-corrected chi connectivity index (χ2v) is 8.32. The summed E-state index contributed by atoms with van der Waals surface area (Å²) in [5.41, 5.74) is 0.495. The standard InChI is InChI=1S/C23H19ClN2O4S/c24-20-17-6-2-3-7-19(17)31-21(20)18(27)13-15-12-14(8-9-16(15)23(29)30)22(28)26-11-5-1-4-10-25/h2-3,6-9,12H,1,4-5,11,13H2,(H,26,28)(H,29,30). The predicted octanol–water partition coefficient (Wildman–Crippen LogP) is 5.10. The van der Waals surface area contributed by atoms with E-state index in [-0.39, 0.29) is 34.8 Å². The Bertz CT molecular complexity index is 1200. The molecule has 2 aromatic carbocycles. The fourth-order valence-electron chi connectivity index (χ4n) is 3.17. The van der Waals surface area contributed by atoms with E-state index in [1.165, 1.54) is 29.5 Å². The molecule has 0 aliphatic carbocycles. The molecule has 0 saturated heterocycles. The molecular weight excluding hydrogens is 436 g/mol. The fourth-order valence-corrected chi connectivity index (χ4v) is 4.64. The van der Waals surface area contributed by atoms with E-state index in [1.54, 1.807) is 0 Å². The Labute approximate surface area is 188 Å². The van der Waals surface area contributed by atoms with Crippen LogP contribution in [0.15, 0.2) is 42.5 Å². The van der Waals surface area contributed by atoms with Crippen molar-refractivity contribution < 1.29 is 19.5 Å². The van der Waals surface area contributed by atoms with Crippen molar-refractivity contribution in [2.45, 2.75) is 25.7 Å². The van der Waals surface area contributed by atoms with Crippen LogP contribution in [0.1, 0.15) is 55.2 Å². The summed E-state index contributed by atoms with van der Waals surface area (Å²) in [6, 6.07) is 13.6. The van der Waals surface area contributed by atoms with Gasteiger partial charge in [-0.1, -0.05) is 29.8 Å². The number of carbonyl (C=O) groups excluding carboxylic acids is 2. The van der Waals surface area contributed by atoms with E-state index in [0.717, 1.165) is 10.1 Å². The molecule has 1 amide bonds. The zero-order chi connectivity index (χ0) is 22.4. The van der Waals surface area contributed by atoms with Gasteiger partial charge in [0.25, 0.3) is 5.91 Å². The summed E-state index contributed by atoms with van der Waals surface area (Å²) < 4.78 is 0.874. The molecule has 2 N–H and O–H groups in total. The van der Waals surface area contributed by atoms with Crippen LogP contribution in [-0.2, 0) is 6.42 Å². The molecule has 1 heterocycles. The summed E-state index contributed by atoms with van der Waals surface area (Å²) in [6.45, 7) is 0.410. The molecule has 1 aromatic heterocycles. The molecule has 0 aliphatic heterocycles. The normalized spacial score (nSPS) is 10.6. The lowest BCUT2D eigenvalue weighted by molar-refractivity contribution is 0.0695. The number of nitrogens with zero attached hydrogens (tertiary/aromatic N) is 1. The van der Waals surface area contributed by atoms with Crippen molar-refractivity contribution in [3.8, 4) is 6.07 Å². The Morgan fingerprint density at radius 3 is 2.61 bits per heavy atom. The van der Waals surface area contributed by atoms with Crippen LogP contribution in [-0.4, -0.2) is 29.3 Å². The number of nitriles is 1. The molecule has 0 unspecified atom stereocenters. The molecule has 0 radical (unpaired) electrons. The van der Waals surface area contributed by atoms with Crippen LogP contribution in [0.2, 0.25) is 5.02 Å². The van der Waals surface area contributed by atoms with Crippen molar-refractivity contribution in [1.29, 1.82) is 5.26 Å². The maximum absolute atomic E-state index is 12.9. The van der Waals surface area contributed by atoms with Gasteiger partial charge in [-0.05, 0) is 42.7 Å². The number of fused-ring (bicyclic) bond motifs is 1. The maximum Gasteiger partial charge on any atom is 0.335 e. The molecule has 158 valence electrons. The van der Waals surface area contributed by atoms with Gasteiger partial charge in [-0.2, -0.15) is 5.26 Å². The molecular formula is C23H19ClN2O4S. The van der Waals surface area contributed by atoms with Crippen LogP contribution in [0, 0.1) is 11.3 Å². The number of ketones is 1. The van der Waals surface area contributed by atoms with Gasteiger partial charge in [-0.15, -0.1) is 11.3 Å². The molecule has 6 nitrogen and oxygen atoms in total. The van der Waals surface area contributed by atoms with Gasteiger partial charge in [0.1, 0.15) is 0 Å². The van der Waals surface area contributed by atoms with Gasteiger partial charge in [0.15, 0.2) is 5.78 Å². The van der Waals surface area contributed by atoms with Crippen molar-refractivity contribution in [3.63, 3.8) is 0 Å². The van der Waals surface area contributed by atoms with E-state index in [1.807, 2.05) is 30.3 Å². The maximum atomic E-state index is 12.9. The minimum Gasteiger partial charge on any atom is -0.478 e. The van der Waals surface area contributed by atoms with Gasteiger partial charge in [0.05, 0.1) is 21.5 Å². The number of carboxylic acids is 1. The Balaban J connectivity index is 1.81. The number of rotatable bonds is 9. The summed E-state index contributed by atoms with van der Waals surface area (Å²) in [4.78, 5) is 37.4. The number of amides is 1. The van der Waals surface area contributed by atoms with Crippen LogP contribution >= 0.6 is 22.9 Å². The van der Waals surface area contributed by atoms with Crippen LogP contribution in [0.5, 0.6) is 0 Å². The van der Waals surface area contributed by atoms with Crippen LogP contribution in [0.3, 0.4) is 0 Å². The minimum absolute atomic E-state index is 0.0313. The average molecular weight is 455 g/mol. The number of halogens is 1. The number of hydrogen-bond donors (Lipinski definition) is 2. The van der Waals surface area contributed by atoms with Crippen LogP contribution in [0.25, 0.3) is 10.1 Å². The zero-order valence-electron chi connectivity index (χ0n) is 16.5. The minimum atomic E-state index is -1.17. The summed E-state index contributed by atoms with van der Waals surface area (Å²) in [7, 11) is 0. The Morgan fingerprint density at radius 2 is 1.90 bits per heavy atom. The molecule has 8 heteroatoms. The highest BCUT2D eigenvalue weighted by Crippen LogP contribution is 2.36. The number of unbranched alkanes of at least 4 members (excludes halogenated alkanes) is 2. The van der Waals surface area contributed by atoms with E-state index in [9.17, 15) is 19.5 Å². The fraction of sp³-hybridized carbons (Fsp3) is 0.217. The number of carboxylic acid groups (broad SMARTS) is 1. The van der Waals surface area contributed by atoms with Crippen molar-refractivity contribution in [2.24, 2.45) is 0 Å². The van der Waals surface area contributed by atoms with E-state index >= 15 is 0 Å². The first-order valence-electron chi connectivity index (χ1n) is 9.64. The van der Waals surface area contributed by atoms with Gasteiger partial charge >= 0.3 is 5.97 Å². The van der Waals surface area contributed by atoms with Crippen molar-refractivity contribution >= 4 is 50.7 Å². The highest BCUT2D eigenvalue weighted by atomic mass is 35.5. The third-order valence-electron chi connectivity index (χ3n) is 4.74. The SMILES string of the molecule is N#CCCCCNC(=O)c1ccc(C(=O)O)c(CC(=O)c2sc3ccccc3c2Cl)c1. The van der Waals surface area contributed by atoms with E-state index in [4.69, 9.17) is 16.9 Å². The first kappa shape index (κ1) is 22.5. The quantitative estimate of drug-likeness (QED) is 0.345. The molecule has 0 spiro atoms. The van der Waals surface area contributed by atoms with Crippen molar-refractivity contribution in [3.05, 3.63) is 69.1 Å². The first-order chi connectivity index (χ1) is 14.9. The monoisotopic (exact) mass is 454 g/mol. The summed E-state index contributed by atoms with van der Waals surface area (Å²) in [5, 5.41) is 21.9. The Hall–Kier alpha value is -3.21. The molecule has 0 bridgehead atoms. The molecule has 0 atom stereocenters. The Kier molecular flexibility index (Phi) is 7.40. The molecule has 3 aromatic rings. The molecule has 0 fully saturated rings. The molecule has 31 heavy (non-hydrogen) atoms. The highest BCUT2D eigenvalue weighted by molar-refractivity contribution is 7.21. The van der Waals surface area contributed by atoms with Gasteiger partial charge in [0.2, 0.25) is 0 Å². The number of carbonyl (C=O) groups is 3. The number of aromatic carboxylic acids is 1. The molecule has 0 aliphatic rings. The van der Waals surface area contributed by atoms with E-state index in [0.29, 0.717) is 35.7 Å². The van der Waals surface area contributed by atoms with Gasteiger partial charge < -0.3 is 10.4 Å². The third kappa shape index (κ3) is 5.29. The number of benzene rings is 2. The topological polar surface area (TPSA) is 107 Å². The number of thiophene rings is 1. The van der Waals surface area contributed by atoms with Crippen LogP contribution in [0.4, 0.5) is 0 Å². The van der Waals surface area contributed by atoms with Crippen molar-refractivity contribution in [1.82, 2.24) is 5.32 Å². The zero-order valence-corrected chi connectivity index (χ0v) is 18.1. The largest absolute Gasteiger partial charge is 0.478 e. The van der Waals surface area contributed by atoms with Gasteiger partial charge in [0, 0.05) is 35.0 Å². The summed E-state index contributed by atoms with van der Waals surface area (Å²) in [5.74, 6) is -1.83. The average Bonchev–Trinajstić information content (AvgIpc) is 3.10. The van der Waals surface area contributed by atoms with Gasteiger partial charge in [-0.25, -0.2) is 4.79 Å². The number of Topliss-reactive ketones (excluding diaryl/α,β-unsaturated/α-hetero) is 1.